The normalized spacial score (nSPS) is 10.4. The lowest BCUT2D eigenvalue weighted by Crippen LogP contribution is -1.89. The van der Waals surface area contributed by atoms with Crippen molar-refractivity contribution in [2.24, 2.45) is 0 Å². The maximum Gasteiger partial charge on any atom is 0.150 e. The molecule has 0 unspecified atom stereocenters. The van der Waals surface area contributed by atoms with Crippen LogP contribution in [0.25, 0.3) is 11.0 Å². The van der Waals surface area contributed by atoms with Gasteiger partial charge in [-0.1, -0.05) is 0 Å². The van der Waals surface area contributed by atoms with E-state index in [-0.39, 0.29) is 0 Å². The smallest absolute Gasteiger partial charge is 0.150 e. The fourth-order valence-electron chi connectivity index (χ4n) is 1.10. The molecule has 14 heavy (non-hydrogen) atoms. The number of benzene rings is 1. The van der Waals surface area contributed by atoms with E-state index in [1.165, 1.54) is 0 Å². The molecule has 0 N–H and O–H groups in total. The molecule has 0 bridgehead atoms. The van der Waals surface area contributed by atoms with E-state index in [1.807, 2.05) is 0 Å². The highest BCUT2D eigenvalue weighted by Gasteiger charge is 2.03. The number of fused-ring (bicyclic) bond motifs is 1. The van der Waals surface area contributed by atoms with E-state index in [0.29, 0.717) is 20.3 Å². The Morgan fingerprint density at radius 2 is 1.71 bits per heavy atom. The van der Waals surface area contributed by atoms with Crippen molar-refractivity contribution in [3.63, 3.8) is 0 Å². The van der Waals surface area contributed by atoms with Crippen LogP contribution in [0.5, 0.6) is 0 Å². The van der Waals surface area contributed by atoms with Crippen molar-refractivity contribution in [3.05, 3.63) is 33.0 Å². The van der Waals surface area contributed by atoms with E-state index in [9.17, 15) is 4.79 Å². The summed E-state index contributed by atoms with van der Waals surface area (Å²) in [7, 11) is 0. The van der Waals surface area contributed by atoms with Gasteiger partial charge in [-0.15, -0.1) is 0 Å². The van der Waals surface area contributed by atoms with E-state index in [4.69, 9.17) is 0 Å². The van der Waals surface area contributed by atoms with Gasteiger partial charge in [-0.3, -0.25) is 4.79 Å². The van der Waals surface area contributed by atoms with Gasteiger partial charge in [0.2, 0.25) is 0 Å². The van der Waals surface area contributed by atoms with Crippen LogP contribution < -0.4 is 0 Å². The number of hydrogen-bond donors (Lipinski definition) is 0. The molecule has 2 rings (SSSR count). The lowest BCUT2D eigenvalue weighted by Gasteiger charge is -1.99. The average molecular weight is 316 g/mol. The minimum atomic E-state index is 0.598. The van der Waals surface area contributed by atoms with Gasteiger partial charge in [0.1, 0.15) is 15.5 Å². The summed E-state index contributed by atoms with van der Waals surface area (Å²) in [6.45, 7) is 0. The molecule has 0 fully saturated rings. The third-order valence-electron chi connectivity index (χ3n) is 1.74. The lowest BCUT2D eigenvalue weighted by molar-refractivity contribution is 0.112. The first kappa shape index (κ1) is 9.73. The molecule has 0 saturated heterocycles. The van der Waals surface area contributed by atoms with Crippen LogP contribution in [-0.4, -0.2) is 16.3 Å². The highest BCUT2D eigenvalue weighted by Crippen LogP contribution is 2.22. The SMILES string of the molecule is O=Cc1ccc2nc(Br)c(Br)nc2c1. The average Bonchev–Trinajstić information content (AvgIpc) is 2.19. The molecule has 2 aromatic rings. The largest absolute Gasteiger partial charge is 0.298 e. The molecule has 0 aliphatic heterocycles. The molecular formula is C9H4Br2N2O. The third-order valence-corrected chi connectivity index (χ3v) is 3.38. The van der Waals surface area contributed by atoms with Gasteiger partial charge in [0.15, 0.2) is 0 Å². The monoisotopic (exact) mass is 314 g/mol. The summed E-state index contributed by atoms with van der Waals surface area (Å²) in [4.78, 5) is 19.0. The first-order valence-electron chi connectivity index (χ1n) is 3.78. The van der Waals surface area contributed by atoms with E-state index in [0.717, 1.165) is 11.8 Å². The van der Waals surface area contributed by atoms with Gasteiger partial charge in [-0.25, -0.2) is 9.97 Å². The predicted octanol–water partition coefficient (Wildman–Crippen LogP) is 2.97. The van der Waals surface area contributed by atoms with E-state index in [1.54, 1.807) is 18.2 Å². The molecule has 0 radical (unpaired) electrons. The fourth-order valence-corrected chi connectivity index (χ4v) is 1.66. The third kappa shape index (κ3) is 1.69. The maximum atomic E-state index is 10.5. The molecule has 0 amide bonds. The summed E-state index contributed by atoms with van der Waals surface area (Å²) < 4.78 is 1.29. The summed E-state index contributed by atoms with van der Waals surface area (Å²) in [5.74, 6) is 0. The van der Waals surface area contributed by atoms with Gasteiger partial charge < -0.3 is 0 Å². The van der Waals surface area contributed by atoms with Gasteiger partial charge in [0.05, 0.1) is 11.0 Å². The molecule has 0 saturated carbocycles. The minimum Gasteiger partial charge on any atom is -0.298 e. The van der Waals surface area contributed by atoms with Crippen LogP contribution in [0.15, 0.2) is 27.4 Å². The Labute approximate surface area is 96.8 Å². The quantitative estimate of drug-likeness (QED) is 0.760. The van der Waals surface area contributed by atoms with Gasteiger partial charge >= 0.3 is 0 Å². The predicted molar refractivity (Wildman–Crippen MR) is 60.3 cm³/mol. The van der Waals surface area contributed by atoms with Crippen molar-refractivity contribution in [1.29, 1.82) is 0 Å². The molecule has 70 valence electrons. The molecule has 0 spiro atoms. The number of halogens is 2. The van der Waals surface area contributed by atoms with E-state index in [2.05, 4.69) is 41.8 Å². The molecular weight excluding hydrogens is 312 g/mol. The maximum absolute atomic E-state index is 10.5. The van der Waals surface area contributed by atoms with Crippen LogP contribution >= 0.6 is 31.9 Å². The first-order chi connectivity index (χ1) is 6.70. The molecule has 5 heteroatoms. The molecule has 1 aromatic carbocycles. The highest BCUT2D eigenvalue weighted by molar-refractivity contribution is 9.13. The number of carbonyl (C=O) groups excluding carboxylic acids is 1. The summed E-state index contributed by atoms with van der Waals surface area (Å²) in [6.07, 6.45) is 0.789. The van der Waals surface area contributed by atoms with E-state index < -0.39 is 0 Å². The first-order valence-corrected chi connectivity index (χ1v) is 5.37. The topological polar surface area (TPSA) is 42.9 Å². The standard InChI is InChI=1S/C9H4Br2N2O/c10-8-9(11)13-7-3-5(4-14)1-2-6(7)12-8/h1-4H. The molecule has 0 aliphatic carbocycles. The molecule has 0 atom stereocenters. The van der Waals surface area contributed by atoms with Gasteiger partial charge in [0, 0.05) is 5.56 Å². The number of nitrogens with zero attached hydrogens (tertiary/aromatic N) is 2. The fraction of sp³-hybridized carbons (Fsp3) is 0. The van der Waals surface area contributed by atoms with Crippen LogP contribution in [0.4, 0.5) is 0 Å². The molecule has 0 aliphatic rings. The minimum absolute atomic E-state index is 0.598. The van der Waals surface area contributed by atoms with Crippen molar-refractivity contribution in [2.75, 3.05) is 0 Å². The molecule has 1 aromatic heterocycles. The van der Waals surface area contributed by atoms with Crippen molar-refractivity contribution in [1.82, 2.24) is 9.97 Å². The van der Waals surface area contributed by atoms with Gasteiger partial charge in [-0.05, 0) is 50.1 Å². The molecule has 1 heterocycles. The van der Waals surface area contributed by atoms with Gasteiger partial charge in [0.25, 0.3) is 0 Å². The summed E-state index contributed by atoms with van der Waals surface area (Å²) >= 11 is 6.52. The summed E-state index contributed by atoms with van der Waals surface area (Å²) in [5.41, 5.74) is 2.05. The Morgan fingerprint density at radius 1 is 1.07 bits per heavy atom. The number of rotatable bonds is 1. The zero-order valence-corrected chi connectivity index (χ0v) is 10.0. The summed E-state index contributed by atoms with van der Waals surface area (Å²) in [5, 5.41) is 0. The Hall–Kier alpha value is -0.810. The van der Waals surface area contributed by atoms with Crippen LogP contribution in [0.2, 0.25) is 0 Å². The van der Waals surface area contributed by atoms with Gasteiger partial charge in [-0.2, -0.15) is 0 Å². The second-order valence-corrected chi connectivity index (χ2v) is 4.17. The Kier molecular flexibility index (Phi) is 2.60. The Bertz CT molecular complexity index is 513. The zero-order valence-electron chi connectivity index (χ0n) is 6.87. The lowest BCUT2D eigenvalue weighted by atomic mass is 10.2. The Balaban J connectivity index is 2.76. The van der Waals surface area contributed by atoms with Crippen molar-refractivity contribution < 1.29 is 4.79 Å². The zero-order chi connectivity index (χ0) is 10.1. The summed E-state index contributed by atoms with van der Waals surface area (Å²) in [6, 6.07) is 5.18. The number of hydrogen-bond acceptors (Lipinski definition) is 3. The second-order valence-electron chi connectivity index (χ2n) is 2.67. The number of aldehydes is 1. The number of carbonyl (C=O) groups is 1. The second kappa shape index (κ2) is 3.74. The van der Waals surface area contributed by atoms with E-state index >= 15 is 0 Å². The van der Waals surface area contributed by atoms with Crippen molar-refractivity contribution in [3.8, 4) is 0 Å². The van der Waals surface area contributed by atoms with Crippen LogP contribution in [0.3, 0.4) is 0 Å². The van der Waals surface area contributed by atoms with Crippen LogP contribution in [0.1, 0.15) is 10.4 Å². The molecule has 3 nitrogen and oxygen atoms in total. The van der Waals surface area contributed by atoms with Crippen molar-refractivity contribution in [2.45, 2.75) is 0 Å². The highest BCUT2D eigenvalue weighted by atomic mass is 79.9. The van der Waals surface area contributed by atoms with Crippen molar-refractivity contribution >= 4 is 49.2 Å². The Morgan fingerprint density at radius 3 is 2.36 bits per heavy atom. The van der Waals surface area contributed by atoms with Crippen LogP contribution in [-0.2, 0) is 0 Å². The van der Waals surface area contributed by atoms with Crippen LogP contribution in [0, 0.1) is 0 Å². The number of aromatic nitrogens is 2.